The molecule has 0 saturated carbocycles. The molecule has 0 saturated heterocycles. The lowest BCUT2D eigenvalue weighted by atomic mass is 10.2. The molecule has 0 aliphatic carbocycles. The highest BCUT2D eigenvalue weighted by molar-refractivity contribution is 7.20. The van der Waals surface area contributed by atoms with Crippen LogP contribution in [0.25, 0.3) is 26.3 Å². The van der Waals surface area contributed by atoms with E-state index < -0.39 is 0 Å². The average molecular weight is 342 g/mol. The molecule has 3 heterocycles. The zero-order valence-electron chi connectivity index (χ0n) is 12.8. The monoisotopic (exact) mass is 342 g/mol. The molecule has 0 spiro atoms. The summed E-state index contributed by atoms with van der Waals surface area (Å²) in [4.78, 5) is 29.4. The Morgan fingerprint density at radius 3 is 2.83 bits per heavy atom. The maximum Gasteiger partial charge on any atom is 0.282 e. The highest BCUT2D eigenvalue weighted by Gasteiger charge is 2.16. The van der Waals surface area contributed by atoms with E-state index in [0.29, 0.717) is 21.7 Å². The Morgan fingerprint density at radius 2 is 2.08 bits per heavy atom. The fourth-order valence-electron chi connectivity index (χ4n) is 2.88. The van der Waals surface area contributed by atoms with Crippen molar-refractivity contribution >= 4 is 32.5 Å². The molecule has 0 aliphatic rings. The number of hydrogen-bond donors (Lipinski definition) is 2. The van der Waals surface area contributed by atoms with Crippen molar-refractivity contribution < 1.29 is 5.11 Å². The number of hydrogen-bond acceptors (Lipinski definition) is 5. The lowest BCUT2D eigenvalue weighted by molar-refractivity contribution is 0.273. The zero-order chi connectivity index (χ0) is 16.8. The first-order valence-corrected chi connectivity index (χ1v) is 8.24. The van der Waals surface area contributed by atoms with E-state index >= 15 is 0 Å². The molecule has 3 aromatic heterocycles. The average Bonchev–Trinajstić information content (AvgIpc) is 3.12. The third-order valence-corrected chi connectivity index (χ3v) is 5.04. The van der Waals surface area contributed by atoms with E-state index in [1.165, 1.54) is 26.7 Å². The number of thiazole rings is 1. The van der Waals surface area contributed by atoms with Gasteiger partial charge in [0.25, 0.3) is 11.1 Å². The van der Waals surface area contributed by atoms with Crippen LogP contribution in [0.4, 0.5) is 0 Å². The molecule has 0 atom stereocenters. The second-order valence-corrected chi connectivity index (χ2v) is 6.46. The van der Waals surface area contributed by atoms with E-state index in [1.54, 1.807) is 6.92 Å². The molecule has 1 aromatic carbocycles. The molecule has 122 valence electrons. The lowest BCUT2D eigenvalue weighted by Crippen LogP contribution is -2.24. The molecule has 24 heavy (non-hydrogen) atoms. The van der Waals surface area contributed by atoms with Crippen LogP contribution in [-0.2, 0) is 6.54 Å². The Hall–Kier alpha value is -2.71. The van der Waals surface area contributed by atoms with Crippen molar-refractivity contribution in [3.8, 4) is 5.13 Å². The number of aryl methyl sites for hydroxylation is 1. The number of nitrogens with one attached hydrogen (secondary N) is 1. The van der Waals surface area contributed by atoms with Crippen molar-refractivity contribution in [3.63, 3.8) is 0 Å². The topological polar surface area (TPSA) is 92.9 Å². The summed E-state index contributed by atoms with van der Waals surface area (Å²) in [5, 5.41) is 13.0. The number of rotatable bonds is 3. The van der Waals surface area contributed by atoms with Crippen molar-refractivity contribution in [2.75, 3.05) is 6.61 Å². The molecular weight excluding hydrogens is 328 g/mol. The van der Waals surface area contributed by atoms with E-state index in [1.807, 2.05) is 24.3 Å². The van der Waals surface area contributed by atoms with Gasteiger partial charge in [-0.3, -0.25) is 14.7 Å². The van der Waals surface area contributed by atoms with Gasteiger partial charge in [0.1, 0.15) is 0 Å². The third kappa shape index (κ3) is 2.11. The van der Waals surface area contributed by atoms with Crippen molar-refractivity contribution in [3.05, 3.63) is 56.7 Å². The maximum atomic E-state index is 12.8. The number of H-pyrrole nitrogens is 1. The van der Waals surface area contributed by atoms with E-state index in [-0.39, 0.29) is 24.3 Å². The Morgan fingerprint density at radius 1 is 1.29 bits per heavy atom. The molecule has 7 nitrogen and oxygen atoms in total. The number of aromatic amines is 1. The predicted octanol–water partition coefficient (Wildman–Crippen LogP) is 1.39. The fraction of sp³-hybridized carbons (Fsp3) is 0.188. The minimum absolute atomic E-state index is 0.159. The minimum atomic E-state index is -0.258. The minimum Gasteiger partial charge on any atom is -0.395 e. The SMILES string of the molecule is Cc1c2c(=O)n(-c3nc4ccccc4s3)[nH]c2cc(=O)n1CCO. The van der Waals surface area contributed by atoms with Crippen LogP contribution in [0.5, 0.6) is 0 Å². The lowest BCUT2D eigenvalue weighted by Gasteiger charge is -2.07. The Balaban J connectivity index is 2.00. The molecule has 4 aromatic rings. The number of para-hydroxylation sites is 1. The maximum absolute atomic E-state index is 12.8. The number of aliphatic hydroxyl groups is 1. The summed E-state index contributed by atoms with van der Waals surface area (Å²) in [6, 6.07) is 9.03. The van der Waals surface area contributed by atoms with Gasteiger partial charge in [-0.25, -0.2) is 4.98 Å². The molecule has 0 fully saturated rings. The molecule has 0 bridgehead atoms. The molecule has 0 unspecified atom stereocenters. The van der Waals surface area contributed by atoms with Gasteiger partial charge in [-0.1, -0.05) is 23.5 Å². The number of aliphatic hydroxyl groups excluding tert-OH is 1. The van der Waals surface area contributed by atoms with Crippen molar-refractivity contribution in [2.45, 2.75) is 13.5 Å². The number of aromatic nitrogens is 4. The summed E-state index contributed by atoms with van der Waals surface area (Å²) in [5.41, 5.74) is 1.31. The summed E-state index contributed by atoms with van der Waals surface area (Å²) < 4.78 is 3.75. The zero-order valence-corrected chi connectivity index (χ0v) is 13.6. The predicted molar refractivity (Wildman–Crippen MR) is 93.2 cm³/mol. The van der Waals surface area contributed by atoms with E-state index in [9.17, 15) is 9.59 Å². The van der Waals surface area contributed by atoms with E-state index in [4.69, 9.17) is 5.11 Å². The second-order valence-electron chi connectivity index (χ2n) is 5.45. The van der Waals surface area contributed by atoms with Gasteiger partial charge in [-0.05, 0) is 19.1 Å². The van der Waals surface area contributed by atoms with E-state index in [0.717, 1.165) is 10.2 Å². The quantitative estimate of drug-likeness (QED) is 0.588. The highest BCUT2D eigenvalue weighted by Crippen LogP contribution is 2.24. The summed E-state index contributed by atoms with van der Waals surface area (Å²) in [7, 11) is 0. The third-order valence-electron chi connectivity index (χ3n) is 4.02. The van der Waals surface area contributed by atoms with Crippen molar-refractivity contribution in [1.82, 2.24) is 19.3 Å². The van der Waals surface area contributed by atoms with Gasteiger partial charge in [0.2, 0.25) is 5.13 Å². The highest BCUT2D eigenvalue weighted by atomic mass is 32.1. The Labute approximate surface area is 139 Å². The van der Waals surface area contributed by atoms with Crippen LogP contribution in [0.3, 0.4) is 0 Å². The van der Waals surface area contributed by atoms with Crippen molar-refractivity contribution in [2.24, 2.45) is 0 Å². The Bertz CT molecular complexity index is 1150. The molecule has 0 radical (unpaired) electrons. The smallest absolute Gasteiger partial charge is 0.282 e. The summed E-state index contributed by atoms with van der Waals surface area (Å²) in [6.07, 6.45) is 0. The molecule has 0 amide bonds. The van der Waals surface area contributed by atoms with Crippen LogP contribution in [-0.4, -0.2) is 31.0 Å². The van der Waals surface area contributed by atoms with Crippen molar-refractivity contribution in [1.29, 1.82) is 0 Å². The molecule has 2 N–H and O–H groups in total. The molecular formula is C16H14N4O3S. The van der Waals surface area contributed by atoms with Gasteiger partial charge < -0.3 is 9.67 Å². The standard InChI is InChI=1S/C16H14N4O3S/c1-9-14-11(8-13(22)19(9)6-7-21)18-20(15(14)23)16-17-10-4-2-3-5-12(10)24-16/h2-5,8,18,21H,6-7H2,1H3. The van der Waals surface area contributed by atoms with Crippen LogP contribution in [0.1, 0.15) is 5.69 Å². The molecule has 8 heteroatoms. The summed E-state index contributed by atoms with van der Waals surface area (Å²) >= 11 is 1.40. The van der Waals surface area contributed by atoms with Crippen LogP contribution in [0.2, 0.25) is 0 Å². The van der Waals surface area contributed by atoms with Crippen LogP contribution in [0.15, 0.2) is 39.9 Å². The van der Waals surface area contributed by atoms with Gasteiger partial charge in [-0.2, -0.15) is 4.68 Å². The number of nitrogens with zero attached hydrogens (tertiary/aromatic N) is 3. The summed E-state index contributed by atoms with van der Waals surface area (Å²) in [6.45, 7) is 1.70. The molecule has 0 aliphatic heterocycles. The van der Waals surface area contributed by atoms with Gasteiger partial charge >= 0.3 is 0 Å². The van der Waals surface area contributed by atoms with Gasteiger partial charge in [0, 0.05) is 18.3 Å². The largest absolute Gasteiger partial charge is 0.395 e. The van der Waals surface area contributed by atoms with Gasteiger partial charge in [0.15, 0.2) is 0 Å². The summed E-state index contributed by atoms with van der Waals surface area (Å²) in [5.74, 6) is 0. The number of fused-ring (bicyclic) bond motifs is 2. The van der Waals surface area contributed by atoms with Gasteiger partial charge in [-0.15, -0.1) is 0 Å². The second kappa shape index (κ2) is 5.43. The van der Waals surface area contributed by atoms with Crippen LogP contribution in [0, 0.1) is 6.92 Å². The first-order chi connectivity index (χ1) is 11.6. The number of benzene rings is 1. The molecule has 4 rings (SSSR count). The number of pyridine rings is 1. The first-order valence-electron chi connectivity index (χ1n) is 7.42. The van der Waals surface area contributed by atoms with Gasteiger partial charge in [0.05, 0.1) is 27.7 Å². The van der Waals surface area contributed by atoms with Crippen LogP contribution >= 0.6 is 11.3 Å². The Kier molecular flexibility index (Phi) is 3.36. The fourth-order valence-corrected chi connectivity index (χ4v) is 3.80. The normalized spacial score (nSPS) is 11.6. The first kappa shape index (κ1) is 14.9. The van der Waals surface area contributed by atoms with Crippen LogP contribution < -0.4 is 11.1 Å². The van der Waals surface area contributed by atoms with E-state index in [2.05, 4.69) is 10.1 Å².